The highest BCUT2D eigenvalue weighted by Gasteiger charge is 2.40. The first kappa shape index (κ1) is 30.9. The molecular formula is C37H43N5O4. The highest BCUT2D eigenvalue weighted by molar-refractivity contribution is 6.03. The van der Waals surface area contributed by atoms with Crippen molar-refractivity contribution >= 4 is 22.6 Å². The molecule has 9 nitrogen and oxygen atoms in total. The number of benzene rings is 3. The van der Waals surface area contributed by atoms with Crippen molar-refractivity contribution < 1.29 is 19.4 Å². The molecule has 0 radical (unpaired) electrons. The van der Waals surface area contributed by atoms with Crippen LogP contribution in [0.5, 0.6) is 0 Å². The maximum Gasteiger partial charge on any atom is 0.275 e. The second-order valence-corrected chi connectivity index (χ2v) is 12.9. The third-order valence-electron chi connectivity index (χ3n) is 9.83. The molecule has 46 heavy (non-hydrogen) atoms. The van der Waals surface area contributed by atoms with E-state index in [0.717, 1.165) is 41.8 Å². The number of carbonyl (C=O) groups excluding carboxylic acids is 1. The molecule has 0 spiro atoms. The lowest BCUT2D eigenvalue weighted by Crippen LogP contribution is -2.48. The summed E-state index contributed by atoms with van der Waals surface area (Å²) in [5, 5.41) is 12.5. The first-order chi connectivity index (χ1) is 22.5. The minimum atomic E-state index is -0.556. The molecule has 7 rings (SSSR count). The first-order valence-electron chi connectivity index (χ1n) is 16.6. The number of nitrogens with zero attached hydrogens (tertiary/aromatic N) is 4. The average molecular weight is 622 g/mol. The number of carbonyl (C=O) groups is 1. The van der Waals surface area contributed by atoms with Crippen LogP contribution in [0.3, 0.4) is 0 Å². The number of hydrogen-bond donors (Lipinski definition) is 2. The van der Waals surface area contributed by atoms with Gasteiger partial charge in [0.2, 0.25) is 0 Å². The Morgan fingerprint density at radius 3 is 2.39 bits per heavy atom. The van der Waals surface area contributed by atoms with E-state index < -0.39 is 6.29 Å². The molecule has 3 aromatic carbocycles. The van der Waals surface area contributed by atoms with Crippen LogP contribution >= 0.6 is 0 Å². The molecule has 0 bridgehead atoms. The number of rotatable bonds is 9. The summed E-state index contributed by atoms with van der Waals surface area (Å²) in [6.45, 7) is 7.78. The van der Waals surface area contributed by atoms with Crippen molar-refractivity contribution in [1.29, 1.82) is 0 Å². The van der Waals surface area contributed by atoms with Gasteiger partial charge in [0.05, 0.1) is 36.0 Å². The third-order valence-corrected chi connectivity index (χ3v) is 9.83. The number of nitrogens with one attached hydrogen (secondary N) is 1. The standard InChI is InChI=1S/C37H43N5O4/c1-25-34(23-42-20-6-7-30(42)22-41-18-4-5-19-41)45-37(46-35(25)27-12-10-26(24-43)11-13-27)28-14-16-29(17-15-28)39-36(44)33-21-38-31-8-2-3-9-32(31)40-33/h2-3,8-17,21,25,30,34-35,37,43H,4-7,18-20,22-24H2,1H3,(H,39,44). The molecule has 2 N–H and O–H groups in total. The molecule has 1 aromatic heterocycles. The van der Waals surface area contributed by atoms with Crippen molar-refractivity contribution in [2.24, 2.45) is 5.92 Å². The molecule has 3 saturated heterocycles. The van der Waals surface area contributed by atoms with Gasteiger partial charge in [-0.2, -0.15) is 0 Å². The van der Waals surface area contributed by atoms with Crippen molar-refractivity contribution in [1.82, 2.24) is 19.8 Å². The van der Waals surface area contributed by atoms with E-state index in [4.69, 9.17) is 9.47 Å². The number of fused-ring (bicyclic) bond motifs is 1. The average Bonchev–Trinajstić information content (AvgIpc) is 3.78. The normalized spacial score (nSPS) is 25.7. The number of aromatic nitrogens is 2. The molecular weight excluding hydrogens is 578 g/mol. The van der Waals surface area contributed by atoms with Crippen LogP contribution in [0, 0.1) is 5.92 Å². The summed E-state index contributed by atoms with van der Waals surface area (Å²) in [6, 6.07) is 23.8. The number of aliphatic hydroxyl groups excluding tert-OH is 1. The summed E-state index contributed by atoms with van der Waals surface area (Å²) in [4.78, 5) is 27.1. The Balaban J connectivity index is 1.08. The maximum atomic E-state index is 13.0. The van der Waals surface area contributed by atoms with Gasteiger partial charge in [0.15, 0.2) is 6.29 Å². The lowest BCUT2D eigenvalue weighted by molar-refractivity contribution is -0.276. The van der Waals surface area contributed by atoms with Gasteiger partial charge in [-0.15, -0.1) is 0 Å². The molecule has 0 aliphatic carbocycles. The Bertz CT molecular complexity index is 1630. The minimum absolute atomic E-state index is 0.0133. The number of ether oxygens (including phenoxy) is 2. The topological polar surface area (TPSA) is 100 Å². The Morgan fingerprint density at radius 1 is 0.891 bits per heavy atom. The lowest BCUT2D eigenvalue weighted by atomic mass is 9.90. The zero-order chi connectivity index (χ0) is 31.5. The summed E-state index contributed by atoms with van der Waals surface area (Å²) < 4.78 is 13.5. The van der Waals surface area contributed by atoms with Crippen LogP contribution in [-0.2, 0) is 16.1 Å². The van der Waals surface area contributed by atoms with Crippen molar-refractivity contribution in [2.45, 2.75) is 63.8 Å². The van der Waals surface area contributed by atoms with Crippen LogP contribution < -0.4 is 5.32 Å². The van der Waals surface area contributed by atoms with Gasteiger partial charge in [-0.1, -0.05) is 55.5 Å². The number of anilines is 1. The van der Waals surface area contributed by atoms with Crippen LogP contribution in [0.2, 0.25) is 0 Å². The van der Waals surface area contributed by atoms with Gasteiger partial charge in [0, 0.05) is 36.3 Å². The quantitative estimate of drug-likeness (QED) is 0.245. The molecule has 9 heteroatoms. The van der Waals surface area contributed by atoms with Crippen LogP contribution in [0.1, 0.15) is 72.2 Å². The van der Waals surface area contributed by atoms with E-state index in [9.17, 15) is 9.90 Å². The van der Waals surface area contributed by atoms with Crippen LogP contribution in [-0.4, -0.2) is 75.7 Å². The Morgan fingerprint density at radius 2 is 1.63 bits per heavy atom. The molecule has 3 aliphatic rings. The fraction of sp³-hybridized carbons (Fsp3) is 0.432. The Labute approximate surface area is 270 Å². The smallest absolute Gasteiger partial charge is 0.275 e. The second kappa shape index (κ2) is 13.9. The summed E-state index contributed by atoms with van der Waals surface area (Å²) in [5.41, 5.74) is 5.20. The molecule has 3 aliphatic heterocycles. The molecule has 5 atom stereocenters. The maximum absolute atomic E-state index is 13.0. The summed E-state index contributed by atoms with van der Waals surface area (Å²) in [5.74, 6) is -0.184. The monoisotopic (exact) mass is 621 g/mol. The van der Waals surface area contributed by atoms with E-state index in [-0.39, 0.29) is 36.3 Å². The molecule has 0 saturated carbocycles. The molecule has 4 heterocycles. The SMILES string of the molecule is CC1C(CN2CCCC2CN2CCCC2)OC(c2ccc(NC(=O)c3cnc4ccccc4n3)cc2)OC1c1ccc(CO)cc1. The summed E-state index contributed by atoms with van der Waals surface area (Å²) in [7, 11) is 0. The summed E-state index contributed by atoms with van der Waals surface area (Å²) >= 11 is 0. The number of para-hydroxylation sites is 2. The van der Waals surface area contributed by atoms with Crippen molar-refractivity contribution in [3.63, 3.8) is 0 Å². The lowest BCUT2D eigenvalue weighted by Gasteiger charge is -2.43. The van der Waals surface area contributed by atoms with E-state index in [1.165, 1.54) is 45.0 Å². The highest BCUT2D eigenvalue weighted by Crippen LogP contribution is 2.42. The van der Waals surface area contributed by atoms with Crippen LogP contribution in [0.25, 0.3) is 11.0 Å². The van der Waals surface area contributed by atoms with Gasteiger partial charge in [0.25, 0.3) is 5.91 Å². The van der Waals surface area contributed by atoms with Gasteiger partial charge in [-0.25, -0.2) is 4.98 Å². The third kappa shape index (κ3) is 6.84. The van der Waals surface area contributed by atoms with Crippen LogP contribution in [0.15, 0.2) is 79.0 Å². The molecule has 240 valence electrons. The van der Waals surface area contributed by atoms with E-state index in [0.29, 0.717) is 17.2 Å². The van der Waals surface area contributed by atoms with Gasteiger partial charge >= 0.3 is 0 Å². The number of aliphatic hydroxyl groups is 1. The zero-order valence-electron chi connectivity index (χ0n) is 26.4. The van der Waals surface area contributed by atoms with Crippen LogP contribution in [0.4, 0.5) is 5.69 Å². The molecule has 4 aromatic rings. The van der Waals surface area contributed by atoms with Gasteiger partial charge in [-0.05, 0) is 80.7 Å². The molecule has 5 unspecified atom stereocenters. The predicted molar refractivity (Wildman–Crippen MR) is 177 cm³/mol. The predicted octanol–water partition coefficient (Wildman–Crippen LogP) is 5.73. The van der Waals surface area contributed by atoms with Crippen molar-refractivity contribution in [2.75, 3.05) is 38.0 Å². The molecule has 1 amide bonds. The Kier molecular flexibility index (Phi) is 9.37. The van der Waals surface area contributed by atoms with Gasteiger partial charge in [0.1, 0.15) is 5.69 Å². The fourth-order valence-electron chi connectivity index (χ4n) is 7.15. The van der Waals surface area contributed by atoms with Gasteiger partial charge < -0.3 is 24.8 Å². The van der Waals surface area contributed by atoms with Gasteiger partial charge in [-0.3, -0.25) is 14.7 Å². The van der Waals surface area contributed by atoms with E-state index >= 15 is 0 Å². The van der Waals surface area contributed by atoms with E-state index in [1.54, 1.807) is 0 Å². The second-order valence-electron chi connectivity index (χ2n) is 12.9. The largest absolute Gasteiger partial charge is 0.392 e. The van der Waals surface area contributed by atoms with E-state index in [2.05, 4.69) is 44.1 Å². The zero-order valence-corrected chi connectivity index (χ0v) is 26.4. The highest BCUT2D eigenvalue weighted by atomic mass is 16.7. The Hall–Kier alpha value is -3.73. The van der Waals surface area contributed by atoms with E-state index in [1.807, 2.05) is 60.7 Å². The van der Waals surface area contributed by atoms with Crippen molar-refractivity contribution in [3.8, 4) is 0 Å². The number of likely N-dealkylation sites (tertiary alicyclic amines) is 2. The number of hydrogen-bond acceptors (Lipinski definition) is 8. The minimum Gasteiger partial charge on any atom is -0.392 e. The number of amides is 1. The summed E-state index contributed by atoms with van der Waals surface area (Å²) in [6.07, 6.45) is 5.84. The van der Waals surface area contributed by atoms with Crippen molar-refractivity contribution in [3.05, 3.63) is 101 Å². The molecule has 3 fully saturated rings. The first-order valence-corrected chi connectivity index (χ1v) is 16.6. The fourth-order valence-corrected chi connectivity index (χ4v) is 7.15.